The number of carbonyl (C=O) groups excluding carboxylic acids is 1. The fraction of sp³-hybridized carbons (Fsp3) is 0.562. The molecule has 1 fully saturated rings. The SMILES string of the molecule is CN(CCOc1ccccc1Cl)C(=O)C1(C)CCCC1N. The van der Waals surface area contributed by atoms with Crippen molar-refractivity contribution in [2.24, 2.45) is 11.1 Å². The van der Waals surface area contributed by atoms with E-state index in [1.165, 1.54) is 0 Å². The van der Waals surface area contributed by atoms with Gasteiger partial charge in [0.05, 0.1) is 17.0 Å². The summed E-state index contributed by atoms with van der Waals surface area (Å²) in [5.41, 5.74) is 5.66. The molecule has 2 atom stereocenters. The van der Waals surface area contributed by atoms with Gasteiger partial charge in [-0.25, -0.2) is 0 Å². The number of carbonyl (C=O) groups is 1. The number of ether oxygens (including phenoxy) is 1. The number of nitrogens with zero attached hydrogens (tertiary/aromatic N) is 1. The van der Waals surface area contributed by atoms with Gasteiger partial charge in [-0.05, 0) is 31.9 Å². The van der Waals surface area contributed by atoms with E-state index in [2.05, 4.69) is 0 Å². The Morgan fingerprint density at radius 2 is 2.24 bits per heavy atom. The lowest BCUT2D eigenvalue weighted by Gasteiger charge is -2.32. The Hall–Kier alpha value is -1.26. The molecule has 2 N–H and O–H groups in total. The summed E-state index contributed by atoms with van der Waals surface area (Å²) in [7, 11) is 1.80. The van der Waals surface area contributed by atoms with Crippen LogP contribution in [0.25, 0.3) is 0 Å². The van der Waals surface area contributed by atoms with Gasteiger partial charge in [0, 0.05) is 13.1 Å². The van der Waals surface area contributed by atoms with Crippen molar-refractivity contribution in [2.45, 2.75) is 32.2 Å². The molecule has 5 heteroatoms. The van der Waals surface area contributed by atoms with Crippen LogP contribution in [0.15, 0.2) is 24.3 Å². The molecule has 1 aromatic rings. The molecular formula is C16H23ClN2O2. The highest BCUT2D eigenvalue weighted by Gasteiger charge is 2.44. The Bertz CT molecular complexity index is 509. The number of amides is 1. The van der Waals surface area contributed by atoms with Gasteiger partial charge in [-0.1, -0.05) is 30.2 Å². The standard InChI is InChI=1S/C16H23ClN2O2/c1-16(9-5-8-14(16)18)15(20)19(2)10-11-21-13-7-4-3-6-12(13)17/h3-4,6-7,14H,5,8-11,18H2,1-2H3. The van der Waals surface area contributed by atoms with Crippen molar-refractivity contribution >= 4 is 17.5 Å². The lowest BCUT2D eigenvalue weighted by atomic mass is 9.83. The predicted octanol–water partition coefficient (Wildman–Crippen LogP) is 2.69. The summed E-state index contributed by atoms with van der Waals surface area (Å²) in [5.74, 6) is 0.749. The van der Waals surface area contributed by atoms with E-state index in [1.807, 2.05) is 25.1 Å². The molecule has 0 saturated heterocycles. The van der Waals surface area contributed by atoms with E-state index >= 15 is 0 Å². The van der Waals surface area contributed by atoms with Gasteiger partial charge in [-0.3, -0.25) is 4.79 Å². The van der Waals surface area contributed by atoms with Crippen molar-refractivity contribution in [1.29, 1.82) is 0 Å². The number of para-hydroxylation sites is 1. The average molecular weight is 311 g/mol. The van der Waals surface area contributed by atoms with Crippen molar-refractivity contribution in [1.82, 2.24) is 4.90 Å². The smallest absolute Gasteiger partial charge is 0.229 e. The van der Waals surface area contributed by atoms with Crippen molar-refractivity contribution in [3.63, 3.8) is 0 Å². The number of hydrogen-bond acceptors (Lipinski definition) is 3. The molecular weight excluding hydrogens is 288 g/mol. The molecule has 0 spiro atoms. The second-order valence-electron chi connectivity index (χ2n) is 5.92. The van der Waals surface area contributed by atoms with Crippen LogP contribution < -0.4 is 10.5 Å². The third kappa shape index (κ3) is 3.50. The summed E-state index contributed by atoms with van der Waals surface area (Å²) in [5, 5.41) is 0.580. The van der Waals surface area contributed by atoms with Crippen LogP contribution >= 0.6 is 11.6 Å². The van der Waals surface area contributed by atoms with E-state index < -0.39 is 5.41 Å². The third-order valence-electron chi connectivity index (χ3n) is 4.39. The number of hydrogen-bond donors (Lipinski definition) is 1. The first kappa shape index (κ1) is 16.1. The van der Waals surface area contributed by atoms with Crippen molar-refractivity contribution in [3.05, 3.63) is 29.3 Å². The normalized spacial score (nSPS) is 24.9. The highest BCUT2D eigenvalue weighted by Crippen LogP contribution is 2.38. The quantitative estimate of drug-likeness (QED) is 0.909. The Labute approximate surface area is 131 Å². The first-order chi connectivity index (χ1) is 9.95. The summed E-state index contributed by atoms with van der Waals surface area (Å²) in [4.78, 5) is 14.3. The fourth-order valence-corrected chi connectivity index (χ4v) is 3.04. The molecule has 0 aromatic heterocycles. The van der Waals surface area contributed by atoms with E-state index in [9.17, 15) is 4.79 Å². The summed E-state index contributed by atoms with van der Waals surface area (Å²) in [6, 6.07) is 7.28. The fourth-order valence-electron chi connectivity index (χ4n) is 2.85. The molecule has 4 nitrogen and oxygen atoms in total. The lowest BCUT2D eigenvalue weighted by Crippen LogP contribution is -2.48. The van der Waals surface area contributed by atoms with Crippen molar-refractivity contribution in [3.8, 4) is 5.75 Å². The van der Waals surface area contributed by atoms with Gasteiger partial charge in [0.2, 0.25) is 5.91 Å². The number of halogens is 1. The van der Waals surface area contributed by atoms with Crippen LogP contribution in [0.1, 0.15) is 26.2 Å². The zero-order valence-electron chi connectivity index (χ0n) is 12.6. The molecule has 1 saturated carbocycles. The van der Waals surface area contributed by atoms with Gasteiger partial charge >= 0.3 is 0 Å². The Balaban J connectivity index is 1.86. The minimum Gasteiger partial charge on any atom is -0.490 e. The number of nitrogens with two attached hydrogens (primary N) is 1. The molecule has 0 heterocycles. The molecule has 0 bridgehead atoms. The molecule has 2 unspecified atom stereocenters. The van der Waals surface area contributed by atoms with Gasteiger partial charge in [0.25, 0.3) is 0 Å². The van der Waals surface area contributed by atoms with E-state index in [1.54, 1.807) is 18.0 Å². The summed E-state index contributed by atoms with van der Waals surface area (Å²) >= 11 is 6.02. The Morgan fingerprint density at radius 1 is 1.52 bits per heavy atom. The zero-order valence-corrected chi connectivity index (χ0v) is 13.4. The largest absolute Gasteiger partial charge is 0.490 e. The first-order valence-corrected chi connectivity index (χ1v) is 7.71. The van der Waals surface area contributed by atoms with Crippen molar-refractivity contribution < 1.29 is 9.53 Å². The average Bonchev–Trinajstić information content (AvgIpc) is 2.81. The molecule has 0 radical (unpaired) electrons. The lowest BCUT2D eigenvalue weighted by molar-refractivity contribution is -0.140. The van der Waals surface area contributed by atoms with Gasteiger partial charge in [0.15, 0.2) is 0 Å². The second-order valence-corrected chi connectivity index (χ2v) is 6.33. The molecule has 21 heavy (non-hydrogen) atoms. The van der Waals surface area contributed by atoms with Gasteiger partial charge in [-0.15, -0.1) is 0 Å². The molecule has 1 aromatic carbocycles. The zero-order chi connectivity index (χ0) is 15.5. The van der Waals surface area contributed by atoms with Crippen LogP contribution in [0, 0.1) is 5.41 Å². The van der Waals surface area contributed by atoms with Crippen LogP contribution in [-0.4, -0.2) is 37.0 Å². The molecule has 116 valence electrons. The van der Waals surface area contributed by atoms with Crippen molar-refractivity contribution in [2.75, 3.05) is 20.2 Å². The Morgan fingerprint density at radius 3 is 2.86 bits per heavy atom. The van der Waals surface area contributed by atoms with Gasteiger partial charge in [0.1, 0.15) is 12.4 Å². The minimum atomic E-state index is -0.431. The number of benzene rings is 1. The topological polar surface area (TPSA) is 55.6 Å². The van der Waals surface area contributed by atoms with E-state index in [0.29, 0.717) is 23.9 Å². The van der Waals surface area contributed by atoms with Gasteiger partial charge in [-0.2, -0.15) is 0 Å². The highest BCUT2D eigenvalue weighted by atomic mass is 35.5. The van der Waals surface area contributed by atoms with E-state index in [0.717, 1.165) is 19.3 Å². The molecule has 1 amide bonds. The predicted molar refractivity (Wildman–Crippen MR) is 84.5 cm³/mol. The van der Waals surface area contributed by atoms with Crippen LogP contribution in [0.3, 0.4) is 0 Å². The molecule has 2 rings (SSSR count). The number of likely N-dealkylation sites (N-methyl/N-ethyl adjacent to an activating group) is 1. The molecule has 0 aliphatic heterocycles. The van der Waals surface area contributed by atoms with E-state index in [-0.39, 0.29) is 11.9 Å². The van der Waals surface area contributed by atoms with Crippen LogP contribution in [0.5, 0.6) is 5.75 Å². The van der Waals surface area contributed by atoms with Crippen LogP contribution in [-0.2, 0) is 4.79 Å². The van der Waals surface area contributed by atoms with Gasteiger partial charge < -0.3 is 15.4 Å². The maximum Gasteiger partial charge on any atom is 0.229 e. The first-order valence-electron chi connectivity index (χ1n) is 7.33. The molecule has 1 aliphatic carbocycles. The highest BCUT2D eigenvalue weighted by molar-refractivity contribution is 6.32. The second kappa shape index (κ2) is 6.67. The summed E-state index contributed by atoms with van der Waals surface area (Å²) in [6.45, 7) is 2.90. The number of rotatable bonds is 5. The van der Waals surface area contributed by atoms with E-state index in [4.69, 9.17) is 22.1 Å². The third-order valence-corrected chi connectivity index (χ3v) is 4.70. The summed E-state index contributed by atoms with van der Waals surface area (Å²) < 4.78 is 5.62. The maximum atomic E-state index is 12.6. The maximum absolute atomic E-state index is 12.6. The summed E-state index contributed by atoms with van der Waals surface area (Å²) in [6.07, 6.45) is 2.81. The monoisotopic (exact) mass is 310 g/mol. The minimum absolute atomic E-state index is 0.0445. The van der Waals surface area contributed by atoms with Crippen LogP contribution in [0.4, 0.5) is 0 Å². The van der Waals surface area contributed by atoms with Crippen LogP contribution in [0.2, 0.25) is 5.02 Å². The molecule has 1 aliphatic rings. The Kier molecular flexibility index (Phi) is 5.12.